The Bertz CT molecular complexity index is 1850. The van der Waals surface area contributed by atoms with E-state index in [0.29, 0.717) is 46.8 Å². The molecule has 0 saturated carbocycles. The lowest BCUT2D eigenvalue weighted by atomic mass is 9.97. The number of aromatic nitrogens is 4. The van der Waals surface area contributed by atoms with Crippen LogP contribution < -0.4 is 24.5 Å². The van der Waals surface area contributed by atoms with Crippen LogP contribution in [-0.4, -0.2) is 60.5 Å². The van der Waals surface area contributed by atoms with Crippen LogP contribution in [0.4, 0.5) is 0 Å². The van der Waals surface area contributed by atoms with Crippen molar-refractivity contribution in [3.63, 3.8) is 0 Å². The predicted octanol–water partition coefficient (Wildman–Crippen LogP) is 4.64. The Morgan fingerprint density at radius 3 is 2.30 bits per heavy atom. The lowest BCUT2D eigenvalue weighted by molar-refractivity contribution is 0.0588. The number of nitrogens with zero attached hydrogens (tertiary/aromatic N) is 4. The summed E-state index contributed by atoms with van der Waals surface area (Å²) in [7, 11) is 5.78. The number of hydrogen-bond acceptors (Lipinski definition) is 10. The van der Waals surface area contributed by atoms with E-state index >= 15 is 0 Å². The summed E-state index contributed by atoms with van der Waals surface area (Å²) in [5.74, 6) is 0.684. The Kier molecular flexibility index (Phi) is 9.03. The number of benzene rings is 1. The van der Waals surface area contributed by atoms with E-state index in [1.54, 1.807) is 42.7 Å². The second-order valence-corrected chi connectivity index (χ2v) is 9.79. The van der Waals surface area contributed by atoms with Crippen molar-refractivity contribution in [3.05, 3.63) is 100.0 Å². The van der Waals surface area contributed by atoms with Crippen LogP contribution in [0, 0.1) is 6.92 Å². The average molecular weight is 597 g/mol. The van der Waals surface area contributed by atoms with Crippen molar-refractivity contribution in [1.29, 1.82) is 0 Å². The van der Waals surface area contributed by atoms with Gasteiger partial charge in [0.1, 0.15) is 11.2 Å². The van der Waals surface area contributed by atoms with Crippen molar-refractivity contribution in [3.8, 4) is 34.3 Å². The van der Waals surface area contributed by atoms with E-state index in [4.69, 9.17) is 23.7 Å². The number of ether oxygens (including phenoxy) is 5. The lowest BCUT2D eigenvalue weighted by Gasteiger charge is -2.20. The molecule has 0 unspecified atom stereocenters. The number of esters is 1. The van der Waals surface area contributed by atoms with Crippen molar-refractivity contribution in [1.82, 2.24) is 19.5 Å². The van der Waals surface area contributed by atoms with Crippen molar-refractivity contribution >= 4 is 16.9 Å². The van der Waals surface area contributed by atoms with Crippen LogP contribution in [0.3, 0.4) is 0 Å². The molecule has 44 heavy (non-hydrogen) atoms. The van der Waals surface area contributed by atoms with Gasteiger partial charge in [-0.1, -0.05) is 6.07 Å². The molecule has 0 radical (unpaired) electrons. The minimum atomic E-state index is -0.700. The molecule has 0 aliphatic heterocycles. The van der Waals surface area contributed by atoms with Crippen LogP contribution in [0.5, 0.6) is 23.1 Å². The second-order valence-electron chi connectivity index (χ2n) is 9.79. The maximum Gasteiger partial charge on any atom is 0.355 e. The topological polar surface area (TPSA) is 124 Å². The molecule has 1 aromatic carbocycles. The molecule has 226 valence electrons. The third kappa shape index (κ3) is 6.03. The Hall–Kier alpha value is -5.45. The summed E-state index contributed by atoms with van der Waals surface area (Å²) in [6.07, 6.45) is 3.94. The van der Waals surface area contributed by atoms with Gasteiger partial charge in [0.2, 0.25) is 11.6 Å². The zero-order valence-corrected chi connectivity index (χ0v) is 25.1. The molecule has 0 bridgehead atoms. The highest BCUT2D eigenvalue weighted by molar-refractivity contribution is 6.06. The number of methoxy groups -OCH3 is 4. The number of hydrogen-bond donors (Lipinski definition) is 0. The van der Waals surface area contributed by atoms with Crippen LogP contribution in [-0.2, 0) is 17.7 Å². The molecule has 0 N–H and O–H groups in total. The second kappa shape index (κ2) is 13.2. The van der Waals surface area contributed by atoms with Crippen LogP contribution in [0.25, 0.3) is 22.0 Å². The fourth-order valence-corrected chi connectivity index (χ4v) is 5.05. The van der Waals surface area contributed by atoms with E-state index in [-0.39, 0.29) is 23.6 Å². The van der Waals surface area contributed by atoms with E-state index in [1.165, 1.54) is 33.0 Å². The van der Waals surface area contributed by atoms with Gasteiger partial charge in [-0.2, -0.15) is 0 Å². The van der Waals surface area contributed by atoms with Gasteiger partial charge < -0.3 is 23.7 Å². The van der Waals surface area contributed by atoms with Crippen molar-refractivity contribution in [2.45, 2.75) is 19.9 Å². The molecular formula is C33H32N4O7. The third-order valence-corrected chi connectivity index (χ3v) is 7.06. The minimum Gasteiger partial charge on any atom is -0.493 e. The largest absolute Gasteiger partial charge is 0.493 e. The van der Waals surface area contributed by atoms with Gasteiger partial charge in [-0.05, 0) is 60.5 Å². The molecule has 11 nitrogen and oxygen atoms in total. The molecule has 0 saturated heterocycles. The maximum atomic E-state index is 14.2. The highest BCUT2D eigenvalue weighted by Crippen LogP contribution is 2.43. The molecule has 5 aromatic rings. The van der Waals surface area contributed by atoms with Gasteiger partial charge in [0, 0.05) is 47.2 Å². The van der Waals surface area contributed by atoms with Crippen LogP contribution in [0.2, 0.25) is 0 Å². The Morgan fingerprint density at radius 1 is 0.886 bits per heavy atom. The number of pyridine rings is 4. The average Bonchev–Trinajstić information content (AvgIpc) is 3.05. The molecule has 0 atom stereocenters. The van der Waals surface area contributed by atoms with Crippen molar-refractivity contribution < 1.29 is 28.5 Å². The van der Waals surface area contributed by atoms with Gasteiger partial charge in [-0.3, -0.25) is 19.3 Å². The van der Waals surface area contributed by atoms with Gasteiger partial charge in [-0.25, -0.2) is 9.78 Å². The molecule has 0 amide bonds. The Morgan fingerprint density at radius 2 is 1.66 bits per heavy atom. The molecule has 5 rings (SSSR count). The Labute approximate surface area is 254 Å². The zero-order chi connectivity index (χ0) is 31.2. The quantitative estimate of drug-likeness (QED) is 0.199. The van der Waals surface area contributed by atoms with Gasteiger partial charge >= 0.3 is 5.97 Å². The van der Waals surface area contributed by atoms with E-state index in [9.17, 15) is 9.59 Å². The smallest absolute Gasteiger partial charge is 0.355 e. The summed E-state index contributed by atoms with van der Waals surface area (Å²) in [6, 6.07) is 16.1. The first-order valence-electron chi connectivity index (χ1n) is 13.8. The van der Waals surface area contributed by atoms with Crippen molar-refractivity contribution in [2.75, 3.05) is 35.0 Å². The molecule has 11 heteroatoms. The van der Waals surface area contributed by atoms with Crippen molar-refractivity contribution in [2.24, 2.45) is 0 Å². The van der Waals surface area contributed by atoms with Gasteiger partial charge in [0.05, 0.1) is 41.6 Å². The number of carbonyl (C=O) groups excluding carboxylic acids is 1. The van der Waals surface area contributed by atoms with E-state index in [1.807, 2.05) is 31.2 Å². The van der Waals surface area contributed by atoms with Crippen LogP contribution >= 0.6 is 0 Å². The summed E-state index contributed by atoms with van der Waals surface area (Å²) in [6.45, 7) is 2.22. The summed E-state index contributed by atoms with van der Waals surface area (Å²) >= 11 is 0. The molecule has 0 aliphatic rings. The normalized spacial score (nSPS) is 10.8. The number of aryl methyl sites for hydroxylation is 1. The fourth-order valence-electron chi connectivity index (χ4n) is 5.05. The number of fused-ring (bicyclic) bond motifs is 1. The summed E-state index contributed by atoms with van der Waals surface area (Å²) < 4.78 is 29.3. The standard InChI is InChI=1S/C33H32N4O7/c1-20-16-21(11-14-34-20)19-37-30(33(39)43-5)28(22-17-25(40-2)31(42-4)26(18-22)41-3)24-9-10-27(36-29(24)32(37)38)44-15-12-23-8-6-7-13-35-23/h6-11,13-14,16-18H,12,15,19H2,1-5H3. The minimum absolute atomic E-state index is 0.0411. The molecule has 0 spiro atoms. The van der Waals surface area contributed by atoms with E-state index in [0.717, 1.165) is 17.0 Å². The first-order valence-corrected chi connectivity index (χ1v) is 13.8. The molecular weight excluding hydrogens is 564 g/mol. The SMILES string of the molecule is COC(=O)c1c(-c2cc(OC)c(OC)c(OC)c2)c2ccc(OCCc3ccccn3)nc2c(=O)n1Cc1ccnc(C)c1. The van der Waals surface area contributed by atoms with Gasteiger partial charge in [0.15, 0.2) is 11.5 Å². The summed E-state index contributed by atoms with van der Waals surface area (Å²) in [5.41, 5.74) is 3.00. The fraction of sp³-hybridized carbons (Fsp3) is 0.242. The van der Waals surface area contributed by atoms with Crippen LogP contribution in [0.1, 0.15) is 27.4 Å². The Balaban J connectivity index is 1.75. The number of carbonyl (C=O) groups is 1. The lowest BCUT2D eigenvalue weighted by Crippen LogP contribution is -2.29. The van der Waals surface area contributed by atoms with Gasteiger partial charge in [0.25, 0.3) is 5.56 Å². The van der Waals surface area contributed by atoms with Gasteiger partial charge in [-0.15, -0.1) is 0 Å². The molecule has 4 aromatic heterocycles. The highest BCUT2D eigenvalue weighted by atomic mass is 16.5. The first-order chi connectivity index (χ1) is 21.4. The summed E-state index contributed by atoms with van der Waals surface area (Å²) in [4.78, 5) is 40.9. The molecule has 4 heterocycles. The maximum absolute atomic E-state index is 14.2. The predicted molar refractivity (Wildman–Crippen MR) is 164 cm³/mol. The summed E-state index contributed by atoms with van der Waals surface area (Å²) in [5, 5.41) is 0.420. The van der Waals surface area contributed by atoms with E-state index < -0.39 is 11.5 Å². The monoisotopic (exact) mass is 596 g/mol. The first kappa shape index (κ1) is 30.0. The molecule has 0 fully saturated rings. The third-order valence-electron chi connectivity index (χ3n) is 7.06. The zero-order valence-electron chi connectivity index (χ0n) is 25.1. The molecule has 0 aliphatic carbocycles. The van der Waals surface area contributed by atoms with E-state index in [2.05, 4.69) is 15.0 Å². The van der Waals surface area contributed by atoms with Crippen LogP contribution in [0.15, 0.2) is 71.8 Å². The highest BCUT2D eigenvalue weighted by Gasteiger charge is 2.27. The number of rotatable bonds is 11.